The molecule has 0 spiro atoms. The normalized spacial score (nSPS) is 16.7. The monoisotopic (exact) mass is 338 g/mol. The summed E-state index contributed by atoms with van der Waals surface area (Å²) in [5, 5.41) is 0. The number of aryl methyl sites for hydroxylation is 3. The third-order valence-electron chi connectivity index (χ3n) is 5.61. The number of halogens is 1. The predicted octanol–water partition coefficient (Wildman–Crippen LogP) is 6.78. The fourth-order valence-electron chi connectivity index (χ4n) is 4.15. The highest BCUT2D eigenvalue weighted by Gasteiger charge is 2.22. The fourth-order valence-corrected chi connectivity index (χ4v) is 4.15. The van der Waals surface area contributed by atoms with E-state index in [2.05, 4.69) is 44.2 Å². The highest BCUT2D eigenvalue weighted by molar-refractivity contribution is 5.38. The van der Waals surface area contributed by atoms with E-state index in [-0.39, 0.29) is 5.82 Å². The Morgan fingerprint density at radius 1 is 0.880 bits per heavy atom. The average Bonchev–Trinajstić information content (AvgIpc) is 2.62. The lowest BCUT2D eigenvalue weighted by molar-refractivity contribution is 0.532. The van der Waals surface area contributed by atoms with Crippen LogP contribution in [0.15, 0.2) is 36.4 Å². The minimum Gasteiger partial charge on any atom is -0.207 e. The third-order valence-corrected chi connectivity index (χ3v) is 5.61. The van der Waals surface area contributed by atoms with E-state index in [1.807, 2.05) is 0 Å². The van der Waals surface area contributed by atoms with Gasteiger partial charge in [0.2, 0.25) is 0 Å². The first kappa shape index (κ1) is 18.2. The quantitative estimate of drug-likeness (QED) is 0.488. The van der Waals surface area contributed by atoms with E-state index in [1.165, 1.54) is 36.0 Å². The van der Waals surface area contributed by atoms with E-state index in [0.29, 0.717) is 5.92 Å². The summed E-state index contributed by atoms with van der Waals surface area (Å²) in [4.78, 5) is 0. The van der Waals surface area contributed by atoms with Gasteiger partial charge >= 0.3 is 0 Å². The molecule has 1 heteroatoms. The highest BCUT2D eigenvalue weighted by atomic mass is 19.1. The average molecular weight is 339 g/mol. The summed E-state index contributed by atoms with van der Waals surface area (Å²) in [5.41, 5.74) is 6.42. The molecule has 25 heavy (non-hydrogen) atoms. The SMILES string of the molecule is CCCCCc1ccc(C2CCc3cc(CCC)ccc3C2)c(F)c1. The van der Waals surface area contributed by atoms with Crippen molar-refractivity contribution in [2.45, 2.75) is 77.6 Å². The molecule has 3 rings (SSSR count). The lowest BCUT2D eigenvalue weighted by Crippen LogP contribution is -2.14. The second-order valence-corrected chi connectivity index (χ2v) is 7.61. The van der Waals surface area contributed by atoms with Gasteiger partial charge < -0.3 is 0 Å². The van der Waals surface area contributed by atoms with Crippen molar-refractivity contribution in [2.24, 2.45) is 0 Å². The standard InChI is InChI=1S/C24H31F/c1-3-5-6-8-19-10-14-23(24(25)16-19)22-13-12-20-15-18(7-4-2)9-11-21(20)17-22/h9-11,14-16,22H,3-8,12-13,17H2,1-2H3. The molecule has 1 aliphatic rings. The molecule has 0 aliphatic heterocycles. The first-order chi connectivity index (χ1) is 12.2. The van der Waals surface area contributed by atoms with Gasteiger partial charge in [0, 0.05) is 0 Å². The maximum atomic E-state index is 14.7. The van der Waals surface area contributed by atoms with Gasteiger partial charge in [0.05, 0.1) is 0 Å². The van der Waals surface area contributed by atoms with Gasteiger partial charge in [-0.3, -0.25) is 0 Å². The second kappa shape index (κ2) is 8.65. The smallest absolute Gasteiger partial charge is 0.126 e. The van der Waals surface area contributed by atoms with Crippen LogP contribution >= 0.6 is 0 Å². The van der Waals surface area contributed by atoms with Crippen molar-refractivity contribution in [1.82, 2.24) is 0 Å². The molecule has 0 saturated heterocycles. The number of hydrogen-bond acceptors (Lipinski definition) is 0. The Bertz CT molecular complexity index is 701. The molecule has 0 fully saturated rings. The van der Waals surface area contributed by atoms with Crippen LogP contribution in [0.3, 0.4) is 0 Å². The molecule has 134 valence electrons. The fraction of sp³-hybridized carbons (Fsp3) is 0.500. The number of rotatable bonds is 7. The maximum absolute atomic E-state index is 14.7. The largest absolute Gasteiger partial charge is 0.207 e. The summed E-state index contributed by atoms with van der Waals surface area (Å²) >= 11 is 0. The minimum atomic E-state index is 0.00468. The zero-order valence-electron chi connectivity index (χ0n) is 15.8. The van der Waals surface area contributed by atoms with Crippen molar-refractivity contribution in [3.63, 3.8) is 0 Å². The van der Waals surface area contributed by atoms with Crippen molar-refractivity contribution in [3.05, 3.63) is 70.0 Å². The maximum Gasteiger partial charge on any atom is 0.126 e. The van der Waals surface area contributed by atoms with Crippen molar-refractivity contribution in [3.8, 4) is 0 Å². The molecule has 0 saturated carbocycles. The molecule has 0 heterocycles. The van der Waals surface area contributed by atoms with Crippen LogP contribution in [0.25, 0.3) is 0 Å². The van der Waals surface area contributed by atoms with E-state index >= 15 is 0 Å². The van der Waals surface area contributed by atoms with Crippen LogP contribution in [0.5, 0.6) is 0 Å². The predicted molar refractivity (Wildman–Crippen MR) is 105 cm³/mol. The van der Waals surface area contributed by atoms with Crippen LogP contribution in [0.1, 0.15) is 79.7 Å². The zero-order valence-corrected chi connectivity index (χ0v) is 15.8. The topological polar surface area (TPSA) is 0 Å². The molecule has 0 N–H and O–H groups in total. The van der Waals surface area contributed by atoms with Crippen LogP contribution in [0.2, 0.25) is 0 Å². The molecule has 1 aliphatic carbocycles. The Hall–Kier alpha value is -1.63. The summed E-state index contributed by atoms with van der Waals surface area (Å²) in [6.07, 6.45) is 10.1. The Labute approximate surface area is 152 Å². The summed E-state index contributed by atoms with van der Waals surface area (Å²) in [6.45, 7) is 4.43. The van der Waals surface area contributed by atoms with Crippen LogP contribution in [0.4, 0.5) is 4.39 Å². The van der Waals surface area contributed by atoms with E-state index in [0.717, 1.165) is 49.7 Å². The van der Waals surface area contributed by atoms with E-state index < -0.39 is 0 Å². The molecule has 0 amide bonds. The molecule has 2 aromatic carbocycles. The van der Waals surface area contributed by atoms with Crippen LogP contribution in [-0.2, 0) is 25.7 Å². The lowest BCUT2D eigenvalue weighted by Gasteiger charge is -2.26. The Kier molecular flexibility index (Phi) is 6.29. The number of unbranched alkanes of at least 4 members (excludes halogenated alkanes) is 2. The van der Waals surface area contributed by atoms with Gasteiger partial charge in [0.25, 0.3) is 0 Å². The van der Waals surface area contributed by atoms with Gasteiger partial charge in [0.15, 0.2) is 0 Å². The molecule has 0 bridgehead atoms. The third kappa shape index (κ3) is 4.51. The lowest BCUT2D eigenvalue weighted by atomic mass is 9.79. The van der Waals surface area contributed by atoms with Gasteiger partial charge in [0.1, 0.15) is 5.82 Å². The highest BCUT2D eigenvalue weighted by Crippen LogP contribution is 2.34. The van der Waals surface area contributed by atoms with Crippen molar-refractivity contribution < 1.29 is 4.39 Å². The number of benzene rings is 2. The van der Waals surface area contributed by atoms with E-state index in [1.54, 1.807) is 6.07 Å². The molecule has 0 radical (unpaired) electrons. The summed E-state index contributed by atoms with van der Waals surface area (Å²) in [5.74, 6) is 0.333. The Morgan fingerprint density at radius 3 is 2.44 bits per heavy atom. The molecule has 1 unspecified atom stereocenters. The van der Waals surface area contributed by atoms with Gasteiger partial charge in [-0.25, -0.2) is 4.39 Å². The Morgan fingerprint density at radius 2 is 1.68 bits per heavy atom. The van der Waals surface area contributed by atoms with E-state index in [9.17, 15) is 4.39 Å². The molecular formula is C24H31F. The molecule has 2 aromatic rings. The van der Waals surface area contributed by atoms with Gasteiger partial charge in [-0.05, 0) is 78.3 Å². The van der Waals surface area contributed by atoms with Gasteiger partial charge in [-0.2, -0.15) is 0 Å². The molecular weight excluding hydrogens is 307 g/mol. The van der Waals surface area contributed by atoms with Gasteiger partial charge in [-0.15, -0.1) is 0 Å². The Balaban J connectivity index is 1.71. The summed E-state index contributed by atoms with van der Waals surface area (Å²) in [7, 11) is 0. The molecule has 1 atom stereocenters. The zero-order chi connectivity index (χ0) is 17.6. The van der Waals surface area contributed by atoms with Crippen LogP contribution in [-0.4, -0.2) is 0 Å². The van der Waals surface area contributed by atoms with Crippen molar-refractivity contribution in [2.75, 3.05) is 0 Å². The van der Waals surface area contributed by atoms with Crippen molar-refractivity contribution in [1.29, 1.82) is 0 Å². The summed E-state index contributed by atoms with van der Waals surface area (Å²) < 4.78 is 14.7. The first-order valence-corrected chi connectivity index (χ1v) is 10.1. The van der Waals surface area contributed by atoms with Crippen LogP contribution in [0, 0.1) is 5.82 Å². The first-order valence-electron chi connectivity index (χ1n) is 10.1. The molecule has 0 nitrogen and oxygen atoms in total. The van der Waals surface area contributed by atoms with Gasteiger partial charge in [-0.1, -0.05) is 63.4 Å². The van der Waals surface area contributed by atoms with Crippen LogP contribution < -0.4 is 0 Å². The number of fused-ring (bicyclic) bond motifs is 1. The minimum absolute atomic E-state index is 0.00468. The summed E-state index contributed by atoms with van der Waals surface area (Å²) in [6, 6.07) is 12.9. The van der Waals surface area contributed by atoms with Crippen molar-refractivity contribution >= 4 is 0 Å². The van der Waals surface area contributed by atoms with E-state index in [4.69, 9.17) is 0 Å². The number of hydrogen-bond donors (Lipinski definition) is 0. The molecule has 0 aromatic heterocycles. The second-order valence-electron chi connectivity index (χ2n) is 7.61.